The lowest BCUT2D eigenvalue weighted by Gasteiger charge is -2.20. The molecule has 2 aromatic rings. The highest BCUT2D eigenvalue weighted by molar-refractivity contribution is 5.92. The first kappa shape index (κ1) is 20.7. The Morgan fingerprint density at radius 1 is 1.11 bits per heavy atom. The van der Waals surface area contributed by atoms with Crippen molar-refractivity contribution in [1.29, 1.82) is 0 Å². The lowest BCUT2D eigenvalue weighted by molar-refractivity contribution is -0.141. The van der Waals surface area contributed by atoms with Crippen LogP contribution in [0.15, 0.2) is 29.3 Å². The van der Waals surface area contributed by atoms with Crippen LogP contribution in [0.4, 0.5) is 27.8 Å². The number of anilines is 1. The van der Waals surface area contributed by atoms with Crippen molar-refractivity contribution in [2.45, 2.75) is 33.5 Å². The molecule has 0 bridgehead atoms. The van der Waals surface area contributed by atoms with E-state index in [-0.39, 0.29) is 23.7 Å². The average Bonchev–Trinajstić information content (AvgIpc) is 3.01. The molecule has 5 nitrogen and oxygen atoms in total. The minimum absolute atomic E-state index is 0.00672. The minimum atomic E-state index is -4.55. The topological polar surface area (TPSA) is 65.1 Å². The van der Waals surface area contributed by atoms with Crippen molar-refractivity contribution in [3.05, 3.63) is 47.2 Å². The molecule has 0 aliphatic carbocycles. The van der Waals surface area contributed by atoms with Gasteiger partial charge in [-0.15, -0.1) is 0 Å². The van der Waals surface area contributed by atoms with Gasteiger partial charge in [-0.25, -0.2) is 13.8 Å². The number of aliphatic imine (C=N–C) groups is 1. The summed E-state index contributed by atoms with van der Waals surface area (Å²) >= 11 is 0. The Morgan fingerprint density at radius 3 is 2.37 bits per heavy atom. The molecule has 1 heterocycles. The van der Waals surface area contributed by atoms with Crippen molar-refractivity contribution in [1.82, 2.24) is 15.5 Å². The van der Waals surface area contributed by atoms with Crippen molar-refractivity contribution in [2.75, 3.05) is 11.9 Å². The van der Waals surface area contributed by atoms with E-state index < -0.39 is 23.5 Å². The predicted octanol–water partition coefficient (Wildman–Crippen LogP) is 4.31. The summed E-state index contributed by atoms with van der Waals surface area (Å²) in [7, 11) is 0. The van der Waals surface area contributed by atoms with E-state index in [1.165, 1.54) is 6.07 Å². The molecule has 0 amide bonds. The molecule has 0 radical (unpaired) electrons. The van der Waals surface area contributed by atoms with Crippen molar-refractivity contribution in [2.24, 2.45) is 10.4 Å². The molecule has 3 N–H and O–H groups in total. The maximum absolute atomic E-state index is 13.3. The predicted molar refractivity (Wildman–Crippen MR) is 92.2 cm³/mol. The second-order valence-corrected chi connectivity index (χ2v) is 7.12. The van der Waals surface area contributed by atoms with Crippen LogP contribution in [0.1, 0.15) is 32.0 Å². The van der Waals surface area contributed by atoms with Crippen LogP contribution in [0.5, 0.6) is 0 Å². The SMILES string of the molecule is CC(C)(C)CNC(=NCc1ccc(F)c(F)c1)Nc1cc(C(F)(F)F)[nH]n1. The van der Waals surface area contributed by atoms with Crippen molar-refractivity contribution in [3.63, 3.8) is 0 Å². The number of aromatic amines is 1. The van der Waals surface area contributed by atoms with Gasteiger partial charge in [-0.2, -0.15) is 18.3 Å². The van der Waals surface area contributed by atoms with Gasteiger partial charge in [0.05, 0.1) is 6.54 Å². The summed E-state index contributed by atoms with van der Waals surface area (Å²) in [5, 5.41) is 11.1. The number of aromatic nitrogens is 2. The van der Waals surface area contributed by atoms with Crippen LogP contribution in [0.2, 0.25) is 0 Å². The molecule has 1 aromatic carbocycles. The third kappa shape index (κ3) is 6.54. The number of halogens is 5. The number of hydrogen-bond donors (Lipinski definition) is 3. The molecule has 1 aromatic heterocycles. The first-order valence-corrected chi connectivity index (χ1v) is 8.06. The van der Waals surface area contributed by atoms with Crippen LogP contribution < -0.4 is 10.6 Å². The van der Waals surface area contributed by atoms with E-state index in [0.717, 1.165) is 18.2 Å². The Bertz CT molecular complexity index is 805. The number of benzene rings is 1. The molecule has 148 valence electrons. The van der Waals surface area contributed by atoms with E-state index in [2.05, 4.69) is 20.7 Å². The molecule has 0 fully saturated rings. The third-order valence-electron chi connectivity index (χ3n) is 3.32. The van der Waals surface area contributed by atoms with Gasteiger partial charge in [-0.05, 0) is 23.1 Å². The highest BCUT2D eigenvalue weighted by Crippen LogP contribution is 2.28. The van der Waals surface area contributed by atoms with Gasteiger partial charge in [0, 0.05) is 12.6 Å². The highest BCUT2D eigenvalue weighted by atomic mass is 19.4. The number of alkyl halides is 3. The maximum atomic E-state index is 13.3. The van der Waals surface area contributed by atoms with Gasteiger partial charge in [-0.1, -0.05) is 26.8 Å². The van der Waals surface area contributed by atoms with Gasteiger partial charge in [0.25, 0.3) is 0 Å². The smallest absolute Gasteiger partial charge is 0.356 e. The number of hydrogen-bond acceptors (Lipinski definition) is 2. The quantitative estimate of drug-likeness (QED) is 0.415. The van der Waals surface area contributed by atoms with Gasteiger partial charge in [0.2, 0.25) is 0 Å². The van der Waals surface area contributed by atoms with E-state index in [1.54, 1.807) is 0 Å². The van der Waals surface area contributed by atoms with Gasteiger partial charge < -0.3 is 10.6 Å². The fourth-order valence-corrected chi connectivity index (χ4v) is 1.95. The van der Waals surface area contributed by atoms with E-state index in [0.29, 0.717) is 12.1 Å². The first-order valence-electron chi connectivity index (χ1n) is 8.06. The molecular weight excluding hydrogens is 369 g/mol. The standard InChI is InChI=1S/C17H20F5N5/c1-16(2,3)9-24-15(23-8-10-4-5-11(18)12(19)6-10)25-14-7-13(26-27-14)17(20,21)22/h4-7H,8-9H2,1-3H3,(H3,23,24,25,26,27). The number of rotatable bonds is 4. The average molecular weight is 389 g/mol. The Labute approximate surface area is 153 Å². The minimum Gasteiger partial charge on any atom is -0.356 e. The van der Waals surface area contributed by atoms with Crippen LogP contribution >= 0.6 is 0 Å². The molecule has 0 unspecified atom stereocenters. The lowest BCUT2D eigenvalue weighted by Crippen LogP contribution is -2.37. The molecule has 0 saturated carbocycles. The fourth-order valence-electron chi connectivity index (χ4n) is 1.95. The summed E-state index contributed by atoms with van der Waals surface area (Å²) in [5.74, 6) is -1.88. The zero-order chi connectivity index (χ0) is 20.2. The van der Waals surface area contributed by atoms with Gasteiger partial charge in [-0.3, -0.25) is 5.10 Å². The molecule has 10 heteroatoms. The summed E-state index contributed by atoms with van der Waals surface area (Å²) in [4.78, 5) is 4.20. The Morgan fingerprint density at radius 2 is 1.81 bits per heavy atom. The summed E-state index contributed by atoms with van der Waals surface area (Å²) in [6.07, 6.45) is -4.55. The van der Waals surface area contributed by atoms with Crippen LogP contribution in [0, 0.1) is 17.0 Å². The van der Waals surface area contributed by atoms with Crippen LogP contribution in [0.25, 0.3) is 0 Å². The zero-order valence-corrected chi connectivity index (χ0v) is 15.0. The van der Waals surface area contributed by atoms with Gasteiger partial charge in [0.15, 0.2) is 23.4 Å². The molecular formula is C17H20F5N5. The van der Waals surface area contributed by atoms with Crippen molar-refractivity contribution in [3.8, 4) is 0 Å². The molecule has 0 aliphatic rings. The number of H-pyrrole nitrogens is 1. The Hall–Kier alpha value is -2.65. The number of guanidine groups is 1. The van der Waals surface area contributed by atoms with Crippen molar-refractivity contribution >= 4 is 11.8 Å². The Balaban J connectivity index is 2.16. The molecule has 0 spiro atoms. The lowest BCUT2D eigenvalue weighted by atomic mass is 9.97. The highest BCUT2D eigenvalue weighted by Gasteiger charge is 2.33. The van der Waals surface area contributed by atoms with Gasteiger partial charge >= 0.3 is 6.18 Å². The first-order chi connectivity index (χ1) is 12.4. The normalized spacial score (nSPS) is 13.0. The largest absolute Gasteiger partial charge is 0.432 e. The van der Waals surface area contributed by atoms with Crippen molar-refractivity contribution < 1.29 is 22.0 Å². The van der Waals surface area contributed by atoms with E-state index in [1.807, 2.05) is 25.9 Å². The van der Waals surface area contributed by atoms with E-state index >= 15 is 0 Å². The van der Waals surface area contributed by atoms with E-state index in [9.17, 15) is 22.0 Å². The Kier molecular flexibility index (Phi) is 6.07. The molecule has 0 aliphatic heterocycles. The third-order valence-corrected chi connectivity index (χ3v) is 3.32. The summed E-state index contributed by atoms with van der Waals surface area (Å²) in [5.41, 5.74) is -0.725. The van der Waals surface area contributed by atoms with Crippen LogP contribution in [-0.4, -0.2) is 22.7 Å². The second-order valence-electron chi connectivity index (χ2n) is 7.12. The zero-order valence-electron chi connectivity index (χ0n) is 15.0. The van der Waals surface area contributed by atoms with Gasteiger partial charge in [0.1, 0.15) is 5.69 Å². The molecule has 0 atom stereocenters. The fraction of sp³-hybridized carbons (Fsp3) is 0.412. The summed E-state index contributed by atoms with van der Waals surface area (Å²) in [6, 6.07) is 4.18. The van der Waals surface area contributed by atoms with E-state index in [4.69, 9.17) is 0 Å². The monoisotopic (exact) mass is 389 g/mol. The number of nitrogens with one attached hydrogen (secondary N) is 3. The molecule has 27 heavy (non-hydrogen) atoms. The summed E-state index contributed by atoms with van der Waals surface area (Å²) < 4.78 is 64.3. The summed E-state index contributed by atoms with van der Waals surface area (Å²) in [6.45, 7) is 6.34. The van der Waals surface area contributed by atoms with Crippen LogP contribution in [0.3, 0.4) is 0 Å². The molecule has 0 saturated heterocycles. The van der Waals surface area contributed by atoms with Crippen LogP contribution in [-0.2, 0) is 12.7 Å². The molecule has 2 rings (SSSR count). The maximum Gasteiger partial charge on any atom is 0.432 e. The second kappa shape index (κ2) is 7.93. The number of nitrogens with zero attached hydrogens (tertiary/aromatic N) is 2.